The highest BCUT2D eigenvalue weighted by Gasteiger charge is 2.78. The molecule has 0 radical (unpaired) electrons. The van der Waals surface area contributed by atoms with E-state index in [1.54, 1.807) is 33.9 Å². The maximum Gasteiger partial charge on any atom is 0.253 e. The van der Waals surface area contributed by atoms with Gasteiger partial charge in [-0.3, -0.25) is 14.4 Å². The van der Waals surface area contributed by atoms with Gasteiger partial charge in [0.25, 0.3) is 5.91 Å². The van der Waals surface area contributed by atoms with Crippen molar-refractivity contribution < 1.29 is 24.2 Å². The van der Waals surface area contributed by atoms with Crippen LogP contribution in [-0.4, -0.2) is 83.2 Å². The minimum absolute atomic E-state index is 0.135. The van der Waals surface area contributed by atoms with Crippen molar-refractivity contribution in [2.24, 2.45) is 11.8 Å². The van der Waals surface area contributed by atoms with Crippen molar-refractivity contribution in [1.29, 1.82) is 0 Å². The third-order valence-corrected chi connectivity index (χ3v) is 9.15. The molecule has 1 aromatic carbocycles. The SMILES string of the molecule is C=CCN(C)C(=O)[C@@H]1[C@H]2C(=O)N(CCCCCCO)C(C(=O)N(CC=C)c3c(C)cccc3C)C23CC[C@@]1(C)O3. The summed E-state index contributed by atoms with van der Waals surface area (Å²) in [7, 11) is 1.72. The average molecular weight is 552 g/mol. The molecule has 8 nitrogen and oxygen atoms in total. The molecule has 2 unspecified atom stereocenters. The monoisotopic (exact) mass is 551 g/mol. The van der Waals surface area contributed by atoms with Gasteiger partial charge in [-0.15, -0.1) is 13.2 Å². The fourth-order valence-corrected chi connectivity index (χ4v) is 7.39. The third-order valence-electron chi connectivity index (χ3n) is 9.15. The van der Waals surface area contributed by atoms with Gasteiger partial charge >= 0.3 is 0 Å². The van der Waals surface area contributed by atoms with Crippen molar-refractivity contribution in [3.63, 3.8) is 0 Å². The lowest BCUT2D eigenvalue weighted by molar-refractivity contribution is -0.149. The smallest absolute Gasteiger partial charge is 0.253 e. The van der Waals surface area contributed by atoms with Crippen LogP contribution >= 0.6 is 0 Å². The number of aryl methyl sites for hydroxylation is 2. The molecule has 3 fully saturated rings. The number of likely N-dealkylation sites (N-methyl/N-ethyl adjacent to an activating group) is 1. The summed E-state index contributed by atoms with van der Waals surface area (Å²) < 4.78 is 6.80. The van der Waals surface area contributed by atoms with Gasteiger partial charge in [-0.2, -0.15) is 0 Å². The number of para-hydroxylation sites is 1. The van der Waals surface area contributed by atoms with Gasteiger partial charge in [0.1, 0.15) is 11.6 Å². The van der Waals surface area contributed by atoms with Crippen LogP contribution in [0.2, 0.25) is 0 Å². The highest BCUT2D eigenvalue weighted by Crippen LogP contribution is 2.63. The van der Waals surface area contributed by atoms with Gasteiger partial charge in [0, 0.05) is 39.0 Å². The Morgan fingerprint density at radius 3 is 2.35 bits per heavy atom. The molecule has 218 valence electrons. The van der Waals surface area contributed by atoms with E-state index in [0.717, 1.165) is 29.7 Å². The van der Waals surface area contributed by atoms with Crippen LogP contribution in [-0.2, 0) is 19.1 Å². The molecule has 40 heavy (non-hydrogen) atoms. The Bertz CT molecular complexity index is 1150. The first-order valence-corrected chi connectivity index (χ1v) is 14.5. The van der Waals surface area contributed by atoms with Crippen LogP contribution in [0.15, 0.2) is 43.5 Å². The number of carbonyl (C=O) groups is 3. The fraction of sp³-hybridized carbons (Fsp3) is 0.594. The molecule has 3 heterocycles. The maximum absolute atomic E-state index is 14.7. The second kappa shape index (κ2) is 11.9. The lowest BCUT2D eigenvalue weighted by Crippen LogP contribution is -2.57. The van der Waals surface area contributed by atoms with Gasteiger partial charge in [-0.25, -0.2) is 0 Å². The Labute approximate surface area is 238 Å². The van der Waals surface area contributed by atoms with E-state index < -0.39 is 29.1 Å². The Kier molecular flexibility index (Phi) is 8.90. The Morgan fingerprint density at radius 1 is 1.07 bits per heavy atom. The Balaban J connectivity index is 1.78. The van der Waals surface area contributed by atoms with Gasteiger partial charge in [-0.05, 0) is 57.6 Å². The van der Waals surface area contributed by atoms with E-state index in [1.165, 1.54) is 0 Å². The first-order chi connectivity index (χ1) is 19.1. The number of hydrogen-bond acceptors (Lipinski definition) is 5. The molecule has 8 heteroatoms. The average Bonchev–Trinajstić information content (AvgIpc) is 3.48. The molecule has 5 atom stereocenters. The molecule has 1 aromatic rings. The summed E-state index contributed by atoms with van der Waals surface area (Å²) >= 11 is 0. The van der Waals surface area contributed by atoms with E-state index in [1.807, 2.05) is 39.0 Å². The zero-order valence-corrected chi connectivity index (χ0v) is 24.5. The Morgan fingerprint density at radius 2 is 1.73 bits per heavy atom. The molecule has 1 spiro atoms. The molecule has 3 amide bonds. The number of anilines is 1. The number of hydrogen-bond donors (Lipinski definition) is 1. The van der Waals surface area contributed by atoms with Crippen LogP contribution in [0.3, 0.4) is 0 Å². The van der Waals surface area contributed by atoms with Crippen LogP contribution in [0.25, 0.3) is 0 Å². The van der Waals surface area contributed by atoms with Crippen molar-refractivity contribution in [1.82, 2.24) is 9.80 Å². The van der Waals surface area contributed by atoms with Crippen molar-refractivity contribution in [3.8, 4) is 0 Å². The molecule has 0 aliphatic carbocycles. The third kappa shape index (κ3) is 4.90. The quantitative estimate of drug-likeness (QED) is 0.298. The first-order valence-electron chi connectivity index (χ1n) is 14.5. The molecule has 4 rings (SSSR count). The molecule has 3 aliphatic heterocycles. The standard InChI is InChI=1S/C32H45N3O5/c1-7-18-33(6)28(37)24-25-29(38)35(20-11-9-10-12-21-36)27(32(25)17-16-31(24,5)40-32)30(39)34(19-8-2)26-22(3)14-13-15-23(26)4/h7-8,13-15,24-25,27,36H,1-2,9-12,16-21H2,3-6H3/t24-,25-,27?,31+,32?/m0/s1. The van der Waals surface area contributed by atoms with E-state index in [9.17, 15) is 19.5 Å². The van der Waals surface area contributed by atoms with E-state index in [4.69, 9.17) is 4.74 Å². The van der Waals surface area contributed by atoms with Crippen LogP contribution in [0.4, 0.5) is 5.69 Å². The number of amides is 3. The van der Waals surface area contributed by atoms with Crippen molar-refractivity contribution in [3.05, 3.63) is 54.6 Å². The molecular formula is C32H45N3O5. The van der Waals surface area contributed by atoms with E-state index in [0.29, 0.717) is 45.3 Å². The van der Waals surface area contributed by atoms with Gasteiger partial charge in [-0.1, -0.05) is 43.2 Å². The van der Waals surface area contributed by atoms with E-state index >= 15 is 0 Å². The van der Waals surface area contributed by atoms with Crippen molar-refractivity contribution >= 4 is 23.4 Å². The van der Waals surface area contributed by atoms with E-state index in [2.05, 4.69) is 13.2 Å². The minimum atomic E-state index is -1.07. The summed E-state index contributed by atoms with van der Waals surface area (Å²) in [6, 6.07) is 5.09. The lowest BCUT2D eigenvalue weighted by Gasteiger charge is -2.37. The first kappa shape index (κ1) is 30.0. The van der Waals surface area contributed by atoms with Crippen LogP contribution in [0.5, 0.6) is 0 Å². The molecule has 0 aromatic heterocycles. The number of benzene rings is 1. The number of rotatable bonds is 13. The molecule has 1 N–H and O–H groups in total. The number of aliphatic hydroxyl groups is 1. The predicted molar refractivity (Wildman–Crippen MR) is 156 cm³/mol. The van der Waals surface area contributed by atoms with Crippen LogP contribution in [0, 0.1) is 25.7 Å². The van der Waals surface area contributed by atoms with E-state index in [-0.39, 0.29) is 24.3 Å². The zero-order valence-electron chi connectivity index (χ0n) is 24.5. The summed E-state index contributed by atoms with van der Waals surface area (Å²) in [4.78, 5) is 47.9. The van der Waals surface area contributed by atoms with Crippen LogP contribution in [0.1, 0.15) is 56.6 Å². The second-order valence-corrected chi connectivity index (χ2v) is 11.9. The van der Waals surface area contributed by atoms with Gasteiger partial charge in [0.05, 0.1) is 17.4 Å². The summed E-state index contributed by atoms with van der Waals surface area (Å²) in [6.07, 6.45) is 7.61. The number of likely N-dealkylation sites (tertiary alicyclic amines) is 1. The predicted octanol–water partition coefficient (Wildman–Crippen LogP) is 3.78. The number of nitrogens with zero attached hydrogens (tertiary/aromatic N) is 3. The van der Waals surface area contributed by atoms with Crippen molar-refractivity contribution in [2.45, 2.75) is 76.5 Å². The molecule has 2 bridgehead atoms. The second-order valence-electron chi connectivity index (χ2n) is 11.9. The summed E-state index contributed by atoms with van der Waals surface area (Å²) in [5.74, 6) is -1.90. The Hall–Kier alpha value is -2.97. The maximum atomic E-state index is 14.7. The summed E-state index contributed by atoms with van der Waals surface area (Å²) in [5, 5.41) is 9.19. The molecule has 0 saturated carbocycles. The minimum Gasteiger partial charge on any atom is -0.396 e. The highest BCUT2D eigenvalue weighted by molar-refractivity contribution is 6.05. The molecule has 3 saturated heterocycles. The van der Waals surface area contributed by atoms with Gasteiger partial charge in [0.2, 0.25) is 11.8 Å². The number of unbranched alkanes of at least 4 members (excludes halogenated alkanes) is 3. The normalized spacial score (nSPS) is 28.5. The highest BCUT2D eigenvalue weighted by atomic mass is 16.5. The number of aliphatic hydroxyl groups excluding tert-OH is 1. The fourth-order valence-electron chi connectivity index (χ4n) is 7.39. The van der Waals surface area contributed by atoms with Crippen molar-refractivity contribution in [2.75, 3.05) is 38.2 Å². The largest absolute Gasteiger partial charge is 0.396 e. The number of ether oxygens (including phenoxy) is 1. The molecular weight excluding hydrogens is 506 g/mol. The summed E-state index contributed by atoms with van der Waals surface area (Å²) in [6.45, 7) is 14.8. The lowest BCUT2D eigenvalue weighted by atomic mass is 9.66. The number of carbonyl (C=O) groups excluding carboxylic acids is 3. The zero-order chi connectivity index (χ0) is 29.2. The van der Waals surface area contributed by atoms with Gasteiger partial charge in [0.15, 0.2) is 0 Å². The molecule has 3 aliphatic rings. The summed E-state index contributed by atoms with van der Waals surface area (Å²) in [5.41, 5.74) is 0.859. The topological polar surface area (TPSA) is 90.4 Å². The van der Waals surface area contributed by atoms with Gasteiger partial charge < -0.3 is 24.5 Å². The van der Waals surface area contributed by atoms with Crippen LogP contribution < -0.4 is 4.90 Å². The number of fused-ring (bicyclic) bond motifs is 1.